The molecule has 2 N–H and O–H groups in total. The highest BCUT2D eigenvalue weighted by atomic mass is 32.2. The van der Waals surface area contributed by atoms with E-state index in [2.05, 4.69) is 20.8 Å². The number of hydrogen-bond donors (Lipinski definition) is 2. The van der Waals surface area contributed by atoms with E-state index in [1.54, 1.807) is 13.8 Å². The van der Waals surface area contributed by atoms with Gasteiger partial charge >= 0.3 is 6.18 Å². The zero-order valence-electron chi connectivity index (χ0n) is 19.6. The first-order chi connectivity index (χ1) is 17.4. The molecule has 2 amide bonds. The van der Waals surface area contributed by atoms with Crippen LogP contribution in [-0.4, -0.2) is 53.6 Å². The molecule has 3 aromatic rings. The molecule has 0 aliphatic carbocycles. The molecule has 1 aromatic heterocycles. The van der Waals surface area contributed by atoms with Crippen LogP contribution >= 0.6 is 23.1 Å². The van der Waals surface area contributed by atoms with Crippen molar-refractivity contribution in [2.45, 2.75) is 29.3 Å². The van der Waals surface area contributed by atoms with Crippen molar-refractivity contribution in [2.75, 3.05) is 29.5 Å². The van der Waals surface area contributed by atoms with E-state index in [1.165, 1.54) is 40.7 Å². The minimum atomic E-state index is -4.52. The number of aromatic nitrogens is 2. The van der Waals surface area contributed by atoms with Crippen molar-refractivity contribution in [3.8, 4) is 0 Å². The van der Waals surface area contributed by atoms with Crippen LogP contribution in [0.3, 0.4) is 0 Å². The Bertz CT molecular complexity index is 1360. The van der Waals surface area contributed by atoms with Crippen molar-refractivity contribution >= 4 is 55.8 Å². The third-order valence-corrected chi connectivity index (χ3v) is 8.92. The maximum atomic E-state index is 12.8. The van der Waals surface area contributed by atoms with Crippen molar-refractivity contribution in [1.29, 1.82) is 0 Å². The van der Waals surface area contributed by atoms with Crippen molar-refractivity contribution in [1.82, 2.24) is 14.5 Å². The third kappa shape index (κ3) is 7.50. The van der Waals surface area contributed by atoms with E-state index in [0.29, 0.717) is 17.4 Å². The summed E-state index contributed by atoms with van der Waals surface area (Å²) in [6.07, 6.45) is -4.52. The van der Waals surface area contributed by atoms with Gasteiger partial charge in [-0.3, -0.25) is 14.9 Å². The van der Waals surface area contributed by atoms with Gasteiger partial charge in [0.2, 0.25) is 21.1 Å². The molecule has 9 nitrogen and oxygen atoms in total. The maximum Gasteiger partial charge on any atom is 0.416 e. The molecule has 2 aromatic carbocycles. The Labute approximate surface area is 219 Å². The van der Waals surface area contributed by atoms with Crippen LogP contribution in [0.15, 0.2) is 57.8 Å². The summed E-state index contributed by atoms with van der Waals surface area (Å²) in [5, 5.41) is 12.8. The molecule has 198 valence electrons. The number of carbonyl (C=O) groups is 2. The lowest BCUT2D eigenvalue weighted by Gasteiger charge is -2.18. The molecule has 1 heterocycles. The number of anilines is 2. The fourth-order valence-corrected chi connectivity index (χ4v) is 6.08. The van der Waals surface area contributed by atoms with Gasteiger partial charge < -0.3 is 5.32 Å². The number of benzene rings is 2. The summed E-state index contributed by atoms with van der Waals surface area (Å²) in [4.78, 5) is 24.7. The average Bonchev–Trinajstić information content (AvgIpc) is 3.30. The molecule has 0 atom stereocenters. The van der Waals surface area contributed by atoms with Crippen molar-refractivity contribution in [3.05, 3.63) is 59.7 Å². The van der Waals surface area contributed by atoms with E-state index in [4.69, 9.17) is 0 Å². The maximum absolute atomic E-state index is 12.8. The first-order valence-corrected chi connectivity index (χ1v) is 14.0. The number of sulfonamides is 1. The smallest absolute Gasteiger partial charge is 0.325 e. The summed E-state index contributed by atoms with van der Waals surface area (Å²) in [5.41, 5.74) is -0.646. The molecule has 0 bridgehead atoms. The van der Waals surface area contributed by atoms with Crippen LogP contribution in [0.25, 0.3) is 0 Å². The molecule has 0 aliphatic heterocycles. The Balaban J connectivity index is 1.55. The number of thioether (sulfide) groups is 1. The molecule has 0 spiro atoms. The fraction of sp³-hybridized carbons (Fsp3) is 0.273. The van der Waals surface area contributed by atoms with E-state index in [9.17, 15) is 31.2 Å². The molecular weight excluding hydrogens is 551 g/mol. The monoisotopic (exact) mass is 573 g/mol. The Morgan fingerprint density at radius 2 is 1.70 bits per heavy atom. The van der Waals surface area contributed by atoms with Gasteiger partial charge in [-0.15, -0.1) is 10.2 Å². The van der Waals surface area contributed by atoms with Crippen LogP contribution in [0, 0.1) is 0 Å². The van der Waals surface area contributed by atoms with Gasteiger partial charge in [-0.05, 0) is 42.5 Å². The molecule has 3 rings (SSSR count). The normalized spacial score (nSPS) is 11.9. The van der Waals surface area contributed by atoms with Gasteiger partial charge in [-0.25, -0.2) is 8.42 Å². The van der Waals surface area contributed by atoms with E-state index in [0.717, 1.165) is 35.2 Å². The van der Waals surface area contributed by atoms with Gasteiger partial charge in [-0.1, -0.05) is 43.0 Å². The minimum Gasteiger partial charge on any atom is -0.325 e. The number of halogens is 3. The van der Waals surface area contributed by atoms with Crippen LogP contribution in [-0.2, 0) is 21.0 Å². The summed E-state index contributed by atoms with van der Waals surface area (Å²) < 4.78 is 65.2. The highest BCUT2D eigenvalue weighted by Crippen LogP contribution is 2.31. The van der Waals surface area contributed by atoms with Gasteiger partial charge in [0, 0.05) is 24.3 Å². The molecule has 15 heteroatoms. The van der Waals surface area contributed by atoms with E-state index in [1.807, 2.05) is 0 Å². The summed E-state index contributed by atoms with van der Waals surface area (Å²) in [6, 6.07) is 9.78. The zero-order chi connectivity index (χ0) is 27.2. The molecule has 0 saturated carbocycles. The van der Waals surface area contributed by atoms with Crippen LogP contribution < -0.4 is 10.6 Å². The number of nitrogens with zero attached hydrogens (tertiary/aromatic N) is 3. The number of alkyl halides is 3. The number of nitrogens with one attached hydrogen (secondary N) is 2. The zero-order valence-corrected chi connectivity index (χ0v) is 22.0. The predicted octanol–water partition coefficient (Wildman–Crippen LogP) is 4.57. The van der Waals surface area contributed by atoms with Gasteiger partial charge in [0.05, 0.1) is 16.2 Å². The predicted molar refractivity (Wildman–Crippen MR) is 135 cm³/mol. The van der Waals surface area contributed by atoms with Crippen molar-refractivity contribution in [3.63, 3.8) is 0 Å². The van der Waals surface area contributed by atoms with Gasteiger partial charge in [-0.2, -0.15) is 17.5 Å². The second-order valence-electron chi connectivity index (χ2n) is 7.36. The summed E-state index contributed by atoms with van der Waals surface area (Å²) >= 11 is 2.01. The molecular formula is C22H22F3N5O4S3. The Morgan fingerprint density at radius 1 is 1.03 bits per heavy atom. The van der Waals surface area contributed by atoms with Gasteiger partial charge in [0.25, 0.3) is 5.91 Å². The van der Waals surface area contributed by atoms with Crippen LogP contribution in [0.2, 0.25) is 0 Å². The largest absolute Gasteiger partial charge is 0.416 e. The summed E-state index contributed by atoms with van der Waals surface area (Å²) in [6.45, 7) is 4.12. The molecule has 37 heavy (non-hydrogen) atoms. The lowest BCUT2D eigenvalue weighted by molar-refractivity contribution is -0.137. The summed E-state index contributed by atoms with van der Waals surface area (Å²) in [5.74, 6) is -1.20. The Morgan fingerprint density at radius 3 is 2.32 bits per heavy atom. The standard InChI is InChI=1S/C22H22F3N5O4S3/c1-3-30(4-2)37(33,34)17-10-8-14(9-11-17)19(32)27-20-28-29-21(36-20)35-13-18(31)26-16-7-5-6-15(12-16)22(23,24)25/h5-12H,3-4,13H2,1-2H3,(H,26,31)(H,27,28,32). The number of hydrogen-bond acceptors (Lipinski definition) is 8. The second-order valence-corrected chi connectivity index (χ2v) is 11.5. The van der Waals surface area contributed by atoms with Gasteiger partial charge in [0.15, 0.2) is 4.34 Å². The SMILES string of the molecule is CCN(CC)S(=O)(=O)c1ccc(C(=O)Nc2nnc(SCC(=O)Nc3cccc(C(F)(F)F)c3)s2)cc1. The molecule has 0 fully saturated rings. The highest BCUT2D eigenvalue weighted by molar-refractivity contribution is 8.01. The summed E-state index contributed by atoms with van der Waals surface area (Å²) in [7, 11) is -3.65. The molecule has 0 aliphatic rings. The fourth-order valence-electron chi connectivity index (χ4n) is 3.08. The first-order valence-electron chi connectivity index (χ1n) is 10.8. The Kier molecular flexibility index (Phi) is 9.28. The number of amides is 2. The molecule has 0 unspecified atom stereocenters. The number of carbonyl (C=O) groups excluding carboxylic acids is 2. The lowest BCUT2D eigenvalue weighted by atomic mass is 10.2. The van der Waals surface area contributed by atoms with Crippen LogP contribution in [0.4, 0.5) is 24.0 Å². The third-order valence-electron chi connectivity index (χ3n) is 4.89. The highest BCUT2D eigenvalue weighted by Gasteiger charge is 2.30. The van der Waals surface area contributed by atoms with E-state index >= 15 is 0 Å². The van der Waals surface area contributed by atoms with Crippen molar-refractivity contribution < 1.29 is 31.2 Å². The average molecular weight is 574 g/mol. The number of rotatable bonds is 10. The lowest BCUT2D eigenvalue weighted by Crippen LogP contribution is -2.30. The minimum absolute atomic E-state index is 0.0153. The molecule has 0 saturated heterocycles. The topological polar surface area (TPSA) is 121 Å². The van der Waals surface area contributed by atoms with Crippen LogP contribution in [0.5, 0.6) is 0 Å². The first kappa shape index (κ1) is 28.6. The van der Waals surface area contributed by atoms with Gasteiger partial charge in [0.1, 0.15) is 0 Å². The Hall–Kier alpha value is -3.01. The molecule has 0 radical (unpaired) electrons. The second kappa shape index (κ2) is 12.0. The van der Waals surface area contributed by atoms with Crippen LogP contribution in [0.1, 0.15) is 29.8 Å². The quantitative estimate of drug-likeness (QED) is 0.269. The van der Waals surface area contributed by atoms with E-state index < -0.39 is 33.6 Å². The van der Waals surface area contributed by atoms with E-state index in [-0.39, 0.29) is 27.0 Å². The van der Waals surface area contributed by atoms with Crippen molar-refractivity contribution in [2.24, 2.45) is 0 Å².